The molecule has 0 atom stereocenters. The molecule has 2 aromatic carbocycles. The highest BCUT2D eigenvalue weighted by Crippen LogP contribution is 2.21. The third-order valence-electron chi connectivity index (χ3n) is 5.15. The third kappa shape index (κ3) is 4.07. The van der Waals surface area contributed by atoms with Gasteiger partial charge >= 0.3 is 0 Å². The average molecular weight is 383 g/mol. The Balaban J connectivity index is 1.94. The number of benzene rings is 2. The highest BCUT2D eigenvalue weighted by molar-refractivity contribution is 5.97. The maximum Gasteiger partial charge on any atom is 0.254 e. The van der Waals surface area contributed by atoms with Crippen molar-refractivity contribution >= 4 is 16.9 Å². The van der Waals surface area contributed by atoms with Crippen LogP contribution in [0.5, 0.6) is 0 Å². The molecule has 1 heterocycles. The number of carbonyl (C=O) groups is 1. The van der Waals surface area contributed by atoms with E-state index in [2.05, 4.69) is 4.98 Å². The Morgan fingerprint density at radius 1 is 1.21 bits per heavy atom. The predicted molar refractivity (Wildman–Crippen MR) is 107 cm³/mol. The van der Waals surface area contributed by atoms with Crippen LogP contribution in [0.2, 0.25) is 0 Å². The smallest absolute Gasteiger partial charge is 0.254 e. The van der Waals surface area contributed by atoms with Crippen molar-refractivity contribution in [2.24, 2.45) is 0 Å². The molecule has 0 saturated carbocycles. The van der Waals surface area contributed by atoms with Crippen LogP contribution in [0, 0.1) is 5.82 Å². The molecule has 0 unspecified atom stereocenters. The summed E-state index contributed by atoms with van der Waals surface area (Å²) in [5.74, 6) is -0.431. The van der Waals surface area contributed by atoms with Gasteiger partial charge in [0, 0.05) is 30.3 Å². The molecule has 0 radical (unpaired) electrons. The summed E-state index contributed by atoms with van der Waals surface area (Å²) >= 11 is 0. The first-order chi connectivity index (χ1) is 13.6. The normalized spacial score (nSPS) is 11.3. The molecule has 0 aliphatic carbocycles. The van der Waals surface area contributed by atoms with Crippen molar-refractivity contribution in [3.05, 3.63) is 65.7 Å². The molecule has 0 aliphatic rings. The quantitative estimate of drug-likeness (QED) is 0.640. The number of carbonyl (C=O) groups excluding carboxylic acids is 1. The molecule has 3 rings (SSSR count). The largest absolute Gasteiger partial charge is 0.395 e. The molecule has 0 fully saturated rings. The van der Waals surface area contributed by atoms with Crippen LogP contribution in [0.4, 0.5) is 4.39 Å². The predicted octanol–water partition coefficient (Wildman–Crippen LogP) is 4.00. The van der Waals surface area contributed by atoms with Gasteiger partial charge in [-0.1, -0.05) is 32.0 Å². The van der Waals surface area contributed by atoms with Crippen LogP contribution in [0.25, 0.3) is 11.0 Å². The number of aliphatic hydroxyl groups excluding tert-OH is 1. The van der Waals surface area contributed by atoms with Crippen molar-refractivity contribution in [1.82, 2.24) is 14.5 Å². The molecule has 6 heteroatoms. The zero-order valence-electron chi connectivity index (χ0n) is 16.3. The SMILES string of the molecule is CCC(CC)N(Cc1ccccc1F)C(=O)c1ccc2c(c1)ncn2CCO. The molecule has 1 amide bonds. The van der Waals surface area contributed by atoms with Crippen LogP contribution in [0.15, 0.2) is 48.8 Å². The van der Waals surface area contributed by atoms with E-state index in [0.717, 1.165) is 18.4 Å². The Bertz CT molecular complexity index is 950. The summed E-state index contributed by atoms with van der Waals surface area (Å²) in [4.78, 5) is 19.4. The second-order valence-corrected chi connectivity index (χ2v) is 6.86. The zero-order valence-corrected chi connectivity index (χ0v) is 16.3. The Morgan fingerprint density at radius 3 is 2.64 bits per heavy atom. The van der Waals surface area contributed by atoms with Gasteiger partial charge < -0.3 is 14.6 Å². The minimum Gasteiger partial charge on any atom is -0.395 e. The first-order valence-corrected chi connectivity index (χ1v) is 9.69. The second-order valence-electron chi connectivity index (χ2n) is 6.86. The lowest BCUT2D eigenvalue weighted by Crippen LogP contribution is -2.39. The van der Waals surface area contributed by atoms with E-state index >= 15 is 0 Å². The van der Waals surface area contributed by atoms with Crippen LogP contribution < -0.4 is 0 Å². The van der Waals surface area contributed by atoms with Gasteiger partial charge in [0.2, 0.25) is 0 Å². The molecule has 28 heavy (non-hydrogen) atoms. The van der Waals surface area contributed by atoms with Gasteiger partial charge in [0.15, 0.2) is 0 Å². The standard InChI is InChI=1S/C22H26FN3O2/c1-3-18(4-2)26(14-17-7-5-6-8-19(17)23)22(28)16-9-10-21-20(13-16)24-15-25(21)11-12-27/h5-10,13,15,18,27H,3-4,11-12,14H2,1-2H3. The van der Waals surface area contributed by atoms with Crippen molar-refractivity contribution in [3.8, 4) is 0 Å². The van der Waals surface area contributed by atoms with Gasteiger partial charge in [-0.15, -0.1) is 0 Å². The van der Waals surface area contributed by atoms with Gasteiger partial charge in [-0.25, -0.2) is 9.37 Å². The van der Waals surface area contributed by atoms with Crippen molar-refractivity contribution in [1.29, 1.82) is 0 Å². The molecule has 5 nitrogen and oxygen atoms in total. The van der Waals surface area contributed by atoms with Gasteiger partial charge in [0.05, 0.1) is 24.0 Å². The molecule has 3 aromatic rings. The molecule has 0 aliphatic heterocycles. The lowest BCUT2D eigenvalue weighted by atomic mass is 10.1. The van der Waals surface area contributed by atoms with E-state index in [0.29, 0.717) is 23.2 Å². The number of amides is 1. The monoisotopic (exact) mass is 383 g/mol. The van der Waals surface area contributed by atoms with E-state index in [4.69, 9.17) is 5.11 Å². The molecule has 0 bridgehead atoms. The number of aliphatic hydroxyl groups is 1. The number of nitrogens with zero attached hydrogens (tertiary/aromatic N) is 3. The number of fused-ring (bicyclic) bond motifs is 1. The molecule has 1 N–H and O–H groups in total. The van der Waals surface area contributed by atoms with E-state index in [9.17, 15) is 9.18 Å². The Kier molecular flexibility index (Phi) is 6.41. The van der Waals surface area contributed by atoms with Crippen LogP contribution in [-0.2, 0) is 13.1 Å². The Morgan fingerprint density at radius 2 is 1.96 bits per heavy atom. The second kappa shape index (κ2) is 8.97. The van der Waals surface area contributed by atoms with Crippen LogP contribution in [-0.4, -0.2) is 38.1 Å². The van der Waals surface area contributed by atoms with Crippen molar-refractivity contribution in [2.75, 3.05) is 6.61 Å². The lowest BCUT2D eigenvalue weighted by Gasteiger charge is -2.31. The van der Waals surface area contributed by atoms with E-state index in [1.807, 2.05) is 24.5 Å². The summed E-state index contributed by atoms with van der Waals surface area (Å²) in [6, 6.07) is 12.0. The highest BCUT2D eigenvalue weighted by Gasteiger charge is 2.24. The average Bonchev–Trinajstić information content (AvgIpc) is 3.11. The van der Waals surface area contributed by atoms with Gasteiger partial charge in [0.1, 0.15) is 5.82 Å². The number of aromatic nitrogens is 2. The van der Waals surface area contributed by atoms with Gasteiger partial charge in [-0.05, 0) is 37.1 Å². The van der Waals surface area contributed by atoms with Crippen LogP contribution in [0.3, 0.4) is 0 Å². The van der Waals surface area contributed by atoms with E-state index in [-0.39, 0.29) is 30.9 Å². The van der Waals surface area contributed by atoms with Gasteiger partial charge in [-0.2, -0.15) is 0 Å². The number of hydrogen-bond donors (Lipinski definition) is 1. The molecular formula is C22H26FN3O2. The minimum atomic E-state index is -0.301. The summed E-state index contributed by atoms with van der Waals surface area (Å²) in [7, 11) is 0. The van der Waals surface area contributed by atoms with Gasteiger partial charge in [-0.3, -0.25) is 4.79 Å². The molecule has 1 aromatic heterocycles. The number of imidazole rings is 1. The molecule has 0 spiro atoms. The van der Waals surface area contributed by atoms with E-state index < -0.39 is 0 Å². The van der Waals surface area contributed by atoms with E-state index in [1.165, 1.54) is 6.07 Å². The molecular weight excluding hydrogens is 357 g/mol. The topological polar surface area (TPSA) is 58.4 Å². The molecule has 0 saturated heterocycles. The molecule has 148 valence electrons. The lowest BCUT2D eigenvalue weighted by molar-refractivity contribution is 0.0647. The van der Waals surface area contributed by atoms with E-state index in [1.54, 1.807) is 41.6 Å². The maximum atomic E-state index is 14.2. The Labute approximate surface area is 164 Å². The summed E-state index contributed by atoms with van der Waals surface area (Å²) in [5, 5.41) is 9.15. The van der Waals surface area contributed by atoms with Crippen LogP contribution in [0.1, 0.15) is 42.6 Å². The third-order valence-corrected chi connectivity index (χ3v) is 5.15. The van der Waals surface area contributed by atoms with Crippen LogP contribution >= 0.6 is 0 Å². The van der Waals surface area contributed by atoms with Crippen molar-refractivity contribution in [2.45, 2.75) is 45.8 Å². The number of rotatable bonds is 8. The summed E-state index contributed by atoms with van der Waals surface area (Å²) in [6.07, 6.45) is 3.25. The Hall–Kier alpha value is -2.73. The highest BCUT2D eigenvalue weighted by atomic mass is 19.1. The zero-order chi connectivity index (χ0) is 20.1. The first-order valence-electron chi connectivity index (χ1n) is 9.69. The number of hydrogen-bond acceptors (Lipinski definition) is 3. The fourth-order valence-electron chi connectivity index (χ4n) is 3.55. The minimum absolute atomic E-state index is 0.0229. The fourth-order valence-corrected chi connectivity index (χ4v) is 3.55. The van der Waals surface area contributed by atoms with Crippen molar-refractivity contribution in [3.63, 3.8) is 0 Å². The summed E-state index contributed by atoms with van der Waals surface area (Å²) < 4.78 is 16.0. The number of halogens is 1. The summed E-state index contributed by atoms with van der Waals surface area (Å²) in [5.41, 5.74) is 2.62. The fraction of sp³-hybridized carbons (Fsp3) is 0.364. The maximum absolute atomic E-state index is 14.2. The first kappa shape index (κ1) is 20.0. The van der Waals surface area contributed by atoms with Crippen molar-refractivity contribution < 1.29 is 14.3 Å². The summed E-state index contributed by atoms with van der Waals surface area (Å²) in [6.45, 7) is 4.79. The van der Waals surface area contributed by atoms with Gasteiger partial charge in [0.25, 0.3) is 5.91 Å².